The van der Waals surface area contributed by atoms with Gasteiger partial charge >= 0.3 is 0 Å². The second-order valence-corrected chi connectivity index (χ2v) is 5.38. The van der Waals surface area contributed by atoms with E-state index >= 15 is 0 Å². The molecule has 0 bridgehead atoms. The van der Waals surface area contributed by atoms with Gasteiger partial charge in [0.1, 0.15) is 17.8 Å². The molecule has 1 N–H and O–H groups in total. The minimum Gasteiger partial charge on any atom is -0.336 e. The van der Waals surface area contributed by atoms with Gasteiger partial charge in [0.05, 0.1) is 4.92 Å². The van der Waals surface area contributed by atoms with Gasteiger partial charge in [0, 0.05) is 37.8 Å². The number of hydrazone groups is 1. The number of anilines is 1. The number of hydrogen-bond donors (Lipinski definition) is 1. The van der Waals surface area contributed by atoms with Crippen LogP contribution in [0.25, 0.3) is 0 Å². The zero-order chi connectivity index (χ0) is 18.4. The Morgan fingerprint density at radius 2 is 1.92 bits per heavy atom. The van der Waals surface area contributed by atoms with E-state index in [1.54, 1.807) is 4.90 Å². The van der Waals surface area contributed by atoms with Crippen LogP contribution in [0.4, 0.5) is 11.4 Å². The second kappa shape index (κ2) is 7.86. The maximum absolute atomic E-state index is 12.5. The van der Waals surface area contributed by atoms with E-state index in [1.165, 1.54) is 24.3 Å². The summed E-state index contributed by atoms with van der Waals surface area (Å²) in [6, 6.07) is 7.02. The number of likely N-dealkylation sites (N-methyl/N-ethyl adjacent to an activating group) is 1. The van der Waals surface area contributed by atoms with Gasteiger partial charge in [-0.1, -0.05) is 0 Å². The van der Waals surface area contributed by atoms with Crippen LogP contribution in [-0.4, -0.2) is 59.6 Å². The van der Waals surface area contributed by atoms with Crippen molar-refractivity contribution < 1.29 is 9.72 Å². The van der Waals surface area contributed by atoms with Crippen LogP contribution >= 0.6 is 0 Å². The lowest BCUT2D eigenvalue weighted by Crippen LogP contribution is -2.47. The number of hydrogen-bond acceptors (Lipinski definition) is 8. The van der Waals surface area contributed by atoms with Crippen LogP contribution in [0.15, 0.2) is 23.3 Å². The van der Waals surface area contributed by atoms with Crippen LogP contribution in [0.5, 0.6) is 0 Å². The first-order valence-electron chi connectivity index (χ1n) is 7.36. The van der Waals surface area contributed by atoms with Crippen LogP contribution in [0.2, 0.25) is 0 Å². The van der Waals surface area contributed by atoms with Crippen LogP contribution in [0, 0.1) is 32.8 Å². The quantitative estimate of drug-likeness (QED) is 0.485. The molecule has 0 aromatic heterocycles. The van der Waals surface area contributed by atoms with Crippen molar-refractivity contribution in [3.8, 4) is 12.1 Å². The first kappa shape index (κ1) is 17.8. The first-order valence-corrected chi connectivity index (χ1v) is 7.36. The summed E-state index contributed by atoms with van der Waals surface area (Å²) in [6.45, 7) is 2.60. The summed E-state index contributed by atoms with van der Waals surface area (Å²) in [5.41, 5.74) is 1.68. The Morgan fingerprint density at radius 1 is 1.28 bits per heavy atom. The van der Waals surface area contributed by atoms with Crippen molar-refractivity contribution in [2.24, 2.45) is 5.10 Å². The number of rotatable bonds is 4. The number of carbonyl (C=O) groups excluding carboxylic acids is 1. The van der Waals surface area contributed by atoms with E-state index in [2.05, 4.69) is 15.4 Å². The molecule has 1 saturated heterocycles. The number of carbonyl (C=O) groups is 1. The number of nitro groups is 1. The van der Waals surface area contributed by atoms with Gasteiger partial charge in [-0.2, -0.15) is 15.6 Å². The van der Waals surface area contributed by atoms with Crippen molar-refractivity contribution in [3.05, 3.63) is 33.9 Å². The van der Waals surface area contributed by atoms with E-state index in [4.69, 9.17) is 10.5 Å². The summed E-state index contributed by atoms with van der Waals surface area (Å²) in [7, 11) is 1.96. The predicted octanol–water partition coefficient (Wildman–Crippen LogP) is 0.797. The minimum atomic E-state index is -0.656. The Hall–Kier alpha value is -3.50. The Balaban J connectivity index is 2.25. The normalized spacial score (nSPS) is 14.1. The maximum atomic E-state index is 12.5. The lowest BCUT2D eigenvalue weighted by molar-refractivity contribution is -0.384. The summed E-state index contributed by atoms with van der Waals surface area (Å²) in [4.78, 5) is 26.8. The fraction of sp³-hybridized carbons (Fsp3) is 0.333. The highest BCUT2D eigenvalue weighted by Gasteiger charge is 2.23. The molecule has 0 unspecified atom stereocenters. The summed E-state index contributed by atoms with van der Waals surface area (Å²) >= 11 is 0. The van der Waals surface area contributed by atoms with Gasteiger partial charge in [-0.15, -0.1) is 0 Å². The molecule has 128 valence electrons. The number of nitro benzene ring substituents is 1. The molecule has 0 atom stereocenters. The third-order valence-corrected chi connectivity index (χ3v) is 3.73. The van der Waals surface area contributed by atoms with Gasteiger partial charge in [-0.25, -0.2) is 0 Å². The van der Waals surface area contributed by atoms with E-state index in [-0.39, 0.29) is 22.8 Å². The Kier molecular flexibility index (Phi) is 5.61. The van der Waals surface area contributed by atoms with Gasteiger partial charge in [0.15, 0.2) is 0 Å². The molecule has 1 fully saturated rings. The summed E-state index contributed by atoms with van der Waals surface area (Å²) < 4.78 is 0. The molecule has 1 aromatic rings. The molecule has 1 heterocycles. The molecule has 0 aliphatic carbocycles. The Labute approximate surface area is 143 Å². The molecule has 0 spiro atoms. The van der Waals surface area contributed by atoms with Crippen molar-refractivity contribution in [1.82, 2.24) is 9.80 Å². The molecular weight excluding hydrogens is 326 g/mol. The Morgan fingerprint density at radius 3 is 2.48 bits per heavy atom. The highest BCUT2D eigenvalue weighted by molar-refractivity contribution is 6.10. The zero-order valence-corrected chi connectivity index (χ0v) is 13.5. The predicted molar refractivity (Wildman–Crippen MR) is 88.8 cm³/mol. The lowest BCUT2D eigenvalue weighted by atomic mass is 10.1. The van der Waals surface area contributed by atoms with Crippen molar-refractivity contribution in [3.63, 3.8) is 0 Å². The molecule has 1 aromatic carbocycles. The SMILES string of the molecule is CN1CCN(C(=O)c2ccc(NN=C(C#N)C#N)c([N+](=O)[O-])c2)CC1. The molecule has 1 aliphatic heterocycles. The average Bonchev–Trinajstić information content (AvgIpc) is 2.62. The van der Waals surface area contributed by atoms with E-state index in [9.17, 15) is 14.9 Å². The van der Waals surface area contributed by atoms with Crippen molar-refractivity contribution in [1.29, 1.82) is 10.5 Å². The number of nitrogens with one attached hydrogen (secondary N) is 1. The largest absolute Gasteiger partial charge is 0.336 e. The molecule has 0 radical (unpaired) electrons. The smallest absolute Gasteiger partial charge is 0.294 e. The molecule has 0 saturated carbocycles. The molecule has 1 amide bonds. The van der Waals surface area contributed by atoms with Gasteiger partial charge < -0.3 is 9.80 Å². The molecule has 2 rings (SSSR count). The van der Waals surface area contributed by atoms with Crippen molar-refractivity contribution >= 4 is 23.0 Å². The summed E-state index contributed by atoms with van der Waals surface area (Å²) in [6.07, 6.45) is 0. The second-order valence-electron chi connectivity index (χ2n) is 5.38. The monoisotopic (exact) mass is 341 g/mol. The van der Waals surface area contributed by atoms with Crippen molar-refractivity contribution in [2.45, 2.75) is 0 Å². The standard InChI is InChI=1S/C15H15N7O3/c1-20-4-6-21(7-5-20)15(23)11-2-3-13(14(8-11)22(24)25)19-18-12(9-16)10-17/h2-3,8,19H,4-7H2,1H3. The average molecular weight is 341 g/mol. The van der Waals surface area contributed by atoms with E-state index < -0.39 is 10.6 Å². The summed E-state index contributed by atoms with van der Waals surface area (Å²) in [5, 5.41) is 32.0. The molecule has 10 nitrogen and oxygen atoms in total. The zero-order valence-electron chi connectivity index (χ0n) is 13.5. The molecule has 1 aliphatic rings. The molecular formula is C15H15N7O3. The van der Waals surface area contributed by atoms with Crippen molar-refractivity contribution in [2.75, 3.05) is 38.7 Å². The number of benzene rings is 1. The van der Waals surface area contributed by atoms with Crippen LogP contribution < -0.4 is 5.43 Å². The maximum Gasteiger partial charge on any atom is 0.294 e. The topological polar surface area (TPSA) is 139 Å². The van der Waals surface area contributed by atoms with Crippen LogP contribution in [-0.2, 0) is 0 Å². The van der Waals surface area contributed by atoms with E-state index in [0.717, 1.165) is 19.2 Å². The minimum absolute atomic E-state index is 0.0112. The van der Waals surface area contributed by atoms with Crippen LogP contribution in [0.3, 0.4) is 0 Å². The Bertz CT molecular complexity index is 782. The van der Waals surface area contributed by atoms with Gasteiger partial charge in [-0.3, -0.25) is 20.3 Å². The third-order valence-electron chi connectivity index (χ3n) is 3.73. The molecule has 10 heteroatoms. The van der Waals surface area contributed by atoms with Gasteiger partial charge in [0.2, 0.25) is 5.71 Å². The number of nitriles is 2. The van der Waals surface area contributed by atoms with Gasteiger partial charge in [0.25, 0.3) is 11.6 Å². The number of amides is 1. The van der Waals surface area contributed by atoms with Crippen LogP contribution in [0.1, 0.15) is 10.4 Å². The fourth-order valence-corrected chi connectivity index (χ4v) is 2.29. The highest BCUT2D eigenvalue weighted by Crippen LogP contribution is 2.26. The summed E-state index contributed by atoms with van der Waals surface area (Å²) in [5.74, 6) is -0.277. The molecule has 25 heavy (non-hydrogen) atoms. The third kappa shape index (κ3) is 4.28. The van der Waals surface area contributed by atoms with E-state index in [0.29, 0.717) is 13.1 Å². The number of nitrogens with zero attached hydrogens (tertiary/aromatic N) is 6. The first-order chi connectivity index (χ1) is 12.0. The lowest BCUT2D eigenvalue weighted by Gasteiger charge is -2.32. The highest BCUT2D eigenvalue weighted by atomic mass is 16.6. The fourth-order valence-electron chi connectivity index (χ4n) is 2.29. The van der Waals surface area contributed by atoms with E-state index in [1.807, 2.05) is 7.05 Å². The van der Waals surface area contributed by atoms with Gasteiger partial charge in [-0.05, 0) is 19.2 Å². The number of piperazine rings is 1.